The third kappa shape index (κ3) is 3.21. The highest BCUT2D eigenvalue weighted by Gasteiger charge is 2.30. The van der Waals surface area contributed by atoms with Crippen molar-refractivity contribution in [2.75, 3.05) is 29.9 Å². The summed E-state index contributed by atoms with van der Waals surface area (Å²) < 4.78 is 0. The van der Waals surface area contributed by atoms with E-state index in [-0.39, 0.29) is 5.91 Å². The number of aromatic nitrogens is 3. The second kappa shape index (κ2) is 7.50. The van der Waals surface area contributed by atoms with E-state index in [2.05, 4.69) is 9.88 Å². The zero-order valence-corrected chi connectivity index (χ0v) is 17.7. The molecule has 0 saturated carbocycles. The summed E-state index contributed by atoms with van der Waals surface area (Å²) >= 11 is 1.44. The summed E-state index contributed by atoms with van der Waals surface area (Å²) in [5.74, 6) is 1.30. The van der Waals surface area contributed by atoms with E-state index in [0.29, 0.717) is 17.2 Å². The van der Waals surface area contributed by atoms with Gasteiger partial charge >= 0.3 is 0 Å². The fourth-order valence-electron chi connectivity index (χ4n) is 3.72. The van der Waals surface area contributed by atoms with Crippen LogP contribution in [0.4, 0.5) is 11.6 Å². The Morgan fingerprint density at radius 1 is 0.900 bits per heavy atom. The highest BCUT2D eigenvalue weighted by Crippen LogP contribution is 2.34. The van der Waals surface area contributed by atoms with Crippen LogP contribution >= 0.6 is 11.3 Å². The molecule has 30 heavy (non-hydrogen) atoms. The van der Waals surface area contributed by atoms with Crippen LogP contribution in [0.3, 0.4) is 0 Å². The third-order valence-electron chi connectivity index (χ3n) is 5.28. The normalized spacial score (nSPS) is 13.9. The van der Waals surface area contributed by atoms with Crippen LogP contribution in [0.2, 0.25) is 0 Å². The van der Waals surface area contributed by atoms with Crippen molar-refractivity contribution in [2.45, 2.75) is 13.3 Å². The van der Waals surface area contributed by atoms with Gasteiger partial charge in [0, 0.05) is 25.7 Å². The zero-order valence-electron chi connectivity index (χ0n) is 16.9. The van der Waals surface area contributed by atoms with Crippen LogP contribution in [0.15, 0.2) is 54.6 Å². The Bertz CT molecular complexity index is 1240. The lowest BCUT2D eigenvalue weighted by atomic mass is 10.2. The molecule has 5 rings (SSSR count). The minimum absolute atomic E-state index is 0.0617. The number of nitrogens with zero attached hydrogens (tertiary/aromatic N) is 5. The van der Waals surface area contributed by atoms with E-state index < -0.39 is 0 Å². The molecule has 6 nitrogen and oxygen atoms in total. The smallest absolute Gasteiger partial charge is 0.271 e. The molecule has 0 fully saturated rings. The maximum absolute atomic E-state index is 13.6. The van der Waals surface area contributed by atoms with Gasteiger partial charge in [-0.15, -0.1) is 11.3 Å². The molecule has 1 aliphatic rings. The summed E-state index contributed by atoms with van der Waals surface area (Å²) in [6.45, 7) is 3.31. The predicted molar refractivity (Wildman–Crippen MR) is 121 cm³/mol. The van der Waals surface area contributed by atoms with Gasteiger partial charge in [0.05, 0.1) is 16.7 Å². The van der Waals surface area contributed by atoms with Gasteiger partial charge in [0.1, 0.15) is 9.88 Å². The Kier molecular flexibility index (Phi) is 4.67. The van der Waals surface area contributed by atoms with Crippen LogP contribution < -0.4 is 9.80 Å². The Balaban J connectivity index is 1.59. The Labute approximate surface area is 178 Å². The first-order valence-corrected chi connectivity index (χ1v) is 10.8. The summed E-state index contributed by atoms with van der Waals surface area (Å²) in [5.41, 5.74) is 3.39. The van der Waals surface area contributed by atoms with Crippen LogP contribution in [0.5, 0.6) is 0 Å². The van der Waals surface area contributed by atoms with E-state index in [1.165, 1.54) is 11.3 Å². The monoisotopic (exact) mass is 415 g/mol. The summed E-state index contributed by atoms with van der Waals surface area (Å²) in [6, 6.07) is 17.7. The number of anilines is 2. The maximum atomic E-state index is 13.6. The molecule has 1 amide bonds. The molecule has 2 aromatic carbocycles. The summed E-state index contributed by atoms with van der Waals surface area (Å²) in [4.78, 5) is 32.5. The number of hydrogen-bond donors (Lipinski definition) is 0. The first kappa shape index (κ1) is 18.7. The standard InChI is InChI=1S/C23H21N5OS/c1-15-19(30-22(24-15)16-9-4-3-5-10-16)23(29)28-14-8-13-27(2)20-21(28)26-18-12-7-6-11-17(18)25-20/h3-7,9-12H,8,13-14H2,1-2H3. The van der Waals surface area contributed by atoms with Gasteiger partial charge in [0.25, 0.3) is 5.91 Å². The molecular formula is C23H21N5OS. The summed E-state index contributed by atoms with van der Waals surface area (Å²) in [5, 5.41) is 0.855. The molecule has 2 aromatic heterocycles. The number of carbonyl (C=O) groups excluding carboxylic acids is 1. The number of aryl methyl sites for hydroxylation is 1. The first-order valence-electron chi connectivity index (χ1n) is 9.94. The highest BCUT2D eigenvalue weighted by atomic mass is 32.1. The van der Waals surface area contributed by atoms with Gasteiger partial charge in [0.15, 0.2) is 11.6 Å². The topological polar surface area (TPSA) is 62.2 Å². The lowest BCUT2D eigenvalue weighted by Crippen LogP contribution is -2.32. The van der Waals surface area contributed by atoms with Crippen molar-refractivity contribution in [3.63, 3.8) is 0 Å². The number of hydrogen-bond acceptors (Lipinski definition) is 6. The van der Waals surface area contributed by atoms with Crippen LogP contribution in [0.1, 0.15) is 21.8 Å². The molecule has 7 heteroatoms. The van der Waals surface area contributed by atoms with Crippen molar-refractivity contribution in [1.29, 1.82) is 0 Å². The molecule has 0 bridgehead atoms. The lowest BCUT2D eigenvalue weighted by molar-refractivity contribution is 0.0989. The molecule has 3 heterocycles. The third-order valence-corrected chi connectivity index (χ3v) is 6.48. The predicted octanol–water partition coefficient (Wildman–Crippen LogP) is 4.55. The molecule has 0 N–H and O–H groups in total. The number of amides is 1. The summed E-state index contributed by atoms with van der Waals surface area (Å²) in [7, 11) is 2.00. The fraction of sp³-hybridized carbons (Fsp3) is 0.217. The first-order chi connectivity index (χ1) is 14.6. The molecular weight excluding hydrogens is 394 g/mol. The van der Waals surface area contributed by atoms with Gasteiger partial charge < -0.3 is 4.90 Å². The zero-order chi connectivity index (χ0) is 20.7. The second-order valence-corrected chi connectivity index (χ2v) is 8.39. The average molecular weight is 416 g/mol. The molecule has 150 valence electrons. The van der Waals surface area contributed by atoms with Crippen molar-refractivity contribution in [2.24, 2.45) is 0 Å². The van der Waals surface area contributed by atoms with Crippen molar-refractivity contribution < 1.29 is 4.79 Å². The van der Waals surface area contributed by atoms with Crippen molar-refractivity contribution in [3.8, 4) is 10.6 Å². The minimum Gasteiger partial charge on any atom is -0.357 e. The van der Waals surface area contributed by atoms with Gasteiger partial charge in [-0.05, 0) is 25.5 Å². The SMILES string of the molecule is Cc1nc(-c2ccccc2)sc1C(=O)N1CCCN(C)c2nc3ccccc3nc21. The fourth-order valence-corrected chi connectivity index (χ4v) is 4.74. The number of benzene rings is 2. The molecule has 0 atom stereocenters. The molecule has 0 spiro atoms. The van der Waals surface area contributed by atoms with Gasteiger partial charge in [-0.1, -0.05) is 42.5 Å². The van der Waals surface area contributed by atoms with Crippen molar-refractivity contribution >= 4 is 39.9 Å². The van der Waals surface area contributed by atoms with Gasteiger partial charge in [-0.25, -0.2) is 15.0 Å². The van der Waals surface area contributed by atoms with Gasteiger partial charge in [-0.2, -0.15) is 0 Å². The van der Waals surface area contributed by atoms with Gasteiger partial charge in [0.2, 0.25) is 0 Å². The second-order valence-electron chi connectivity index (χ2n) is 7.39. The number of thiazole rings is 1. The molecule has 1 aliphatic heterocycles. The number of fused-ring (bicyclic) bond motifs is 2. The van der Waals surface area contributed by atoms with E-state index in [9.17, 15) is 4.79 Å². The lowest BCUT2D eigenvalue weighted by Gasteiger charge is -2.22. The molecule has 0 unspecified atom stereocenters. The van der Waals surface area contributed by atoms with Crippen LogP contribution in [-0.4, -0.2) is 41.0 Å². The Morgan fingerprint density at radius 3 is 2.30 bits per heavy atom. The van der Waals surface area contributed by atoms with E-state index >= 15 is 0 Å². The van der Waals surface area contributed by atoms with E-state index in [4.69, 9.17) is 9.97 Å². The van der Waals surface area contributed by atoms with E-state index in [1.54, 1.807) is 4.90 Å². The van der Waals surface area contributed by atoms with E-state index in [0.717, 1.165) is 46.1 Å². The minimum atomic E-state index is -0.0617. The molecule has 4 aromatic rings. The van der Waals surface area contributed by atoms with Gasteiger partial charge in [-0.3, -0.25) is 9.69 Å². The largest absolute Gasteiger partial charge is 0.357 e. The van der Waals surface area contributed by atoms with Crippen LogP contribution in [-0.2, 0) is 0 Å². The van der Waals surface area contributed by atoms with Crippen LogP contribution in [0, 0.1) is 6.92 Å². The molecule has 0 aliphatic carbocycles. The summed E-state index contributed by atoms with van der Waals surface area (Å²) in [6.07, 6.45) is 0.847. The molecule has 0 radical (unpaired) electrons. The average Bonchev–Trinajstić information content (AvgIpc) is 3.09. The highest BCUT2D eigenvalue weighted by molar-refractivity contribution is 7.17. The maximum Gasteiger partial charge on any atom is 0.271 e. The quantitative estimate of drug-likeness (QED) is 0.481. The van der Waals surface area contributed by atoms with Crippen molar-refractivity contribution in [3.05, 3.63) is 65.2 Å². The number of rotatable bonds is 2. The Hall–Kier alpha value is -3.32. The molecule has 0 saturated heterocycles. The van der Waals surface area contributed by atoms with Crippen LogP contribution in [0.25, 0.3) is 21.6 Å². The van der Waals surface area contributed by atoms with Crippen molar-refractivity contribution in [1.82, 2.24) is 15.0 Å². The van der Waals surface area contributed by atoms with E-state index in [1.807, 2.05) is 68.6 Å². The Morgan fingerprint density at radius 2 is 1.57 bits per heavy atom. The number of carbonyl (C=O) groups is 1. The number of para-hydroxylation sites is 2.